The average molecular weight is 319 g/mol. The number of likely N-dealkylation sites (tertiary alicyclic amines) is 1. The third-order valence-electron chi connectivity index (χ3n) is 4.71. The van der Waals surface area contributed by atoms with Gasteiger partial charge in [0.15, 0.2) is 0 Å². The van der Waals surface area contributed by atoms with Crippen LogP contribution in [0.15, 0.2) is 12.1 Å². The Morgan fingerprint density at radius 3 is 2.65 bits per heavy atom. The van der Waals surface area contributed by atoms with Gasteiger partial charge in [0.05, 0.1) is 13.0 Å². The summed E-state index contributed by atoms with van der Waals surface area (Å²) in [5, 5.41) is 9.25. The van der Waals surface area contributed by atoms with E-state index in [4.69, 9.17) is 4.74 Å². The molecule has 1 aromatic rings. The van der Waals surface area contributed by atoms with E-state index in [-0.39, 0.29) is 11.3 Å². The number of hydrogen-bond donors (Lipinski definition) is 1. The Hall–Kier alpha value is -1.55. The van der Waals surface area contributed by atoms with Crippen molar-refractivity contribution in [3.05, 3.63) is 28.8 Å². The first-order valence-electron chi connectivity index (χ1n) is 8.35. The van der Waals surface area contributed by atoms with Gasteiger partial charge in [0.2, 0.25) is 0 Å². The van der Waals surface area contributed by atoms with Crippen molar-refractivity contribution < 1.29 is 14.6 Å². The van der Waals surface area contributed by atoms with Gasteiger partial charge >= 0.3 is 5.97 Å². The maximum Gasteiger partial charge on any atom is 0.307 e. The van der Waals surface area contributed by atoms with Gasteiger partial charge in [-0.25, -0.2) is 0 Å². The molecule has 0 aromatic heterocycles. The first-order chi connectivity index (χ1) is 10.7. The Labute approximate surface area is 139 Å². The molecule has 1 unspecified atom stereocenters. The lowest BCUT2D eigenvalue weighted by atomic mass is 9.84. The monoisotopic (exact) mass is 319 g/mol. The predicted octanol–water partition coefficient (Wildman–Crippen LogP) is 3.60. The first-order valence-corrected chi connectivity index (χ1v) is 8.35. The second kappa shape index (κ2) is 6.91. The van der Waals surface area contributed by atoms with Crippen molar-refractivity contribution in [3.8, 4) is 5.75 Å². The van der Waals surface area contributed by atoms with Gasteiger partial charge in [-0.1, -0.05) is 26.8 Å². The molecule has 4 nitrogen and oxygen atoms in total. The van der Waals surface area contributed by atoms with Crippen LogP contribution in [0, 0.1) is 12.8 Å². The Kier molecular flexibility index (Phi) is 5.35. The first kappa shape index (κ1) is 17.8. The maximum atomic E-state index is 11.2. The Bertz CT molecular complexity index is 575. The normalized spacial score (nSPS) is 19.6. The SMILES string of the molecule is COc1cc(C)c(CN2CCCC(C(=O)O)C2)cc1C(C)(C)C. The number of nitrogens with zero attached hydrogens (tertiary/aromatic N) is 1. The molecule has 0 spiro atoms. The fraction of sp³-hybridized carbons (Fsp3) is 0.632. The van der Waals surface area contributed by atoms with Gasteiger partial charge in [-0.2, -0.15) is 0 Å². The van der Waals surface area contributed by atoms with Crippen LogP contribution in [0.3, 0.4) is 0 Å². The van der Waals surface area contributed by atoms with Crippen molar-refractivity contribution in [2.75, 3.05) is 20.2 Å². The molecule has 1 N–H and O–H groups in total. The molecule has 1 heterocycles. The van der Waals surface area contributed by atoms with Gasteiger partial charge in [-0.05, 0) is 54.5 Å². The van der Waals surface area contributed by atoms with Crippen LogP contribution in [0.2, 0.25) is 0 Å². The lowest BCUT2D eigenvalue weighted by molar-refractivity contribution is -0.143. The van der Waals surface area contributed by atoms with Crippen LogP contribution in [0.4, 0.5) is 0 Å². The lowest BCUT2D eigenvalue weighted by Crippen LogP contribution is -2.38. The summed E-state index contributed by atoms with van der Waals surface area (Å²) < 4.78 is 5.55. The van der Waals surface area contributed by atoms with Crippen molar-refractivity contribution in [3.63, 3.8) is 0 Å². The average Bonchev–Trinajstić information content (AvgIpc) is 2.48. The van der Waals surface area contributed by atoms with E-state index in [0.29, 0.717) is 6.54 Å². The summed E-state index contributed by atoms with van der Waals surface area (Å²) in [6.45, 7) is 11.1. The van der Waals surface area contributed by atoms with Crippen molar-refractivity contribution >= 4 is 5.97 Å². The Balaban J connectivity index is 2.24. The molecule has 128 valence electrons. The maximum absolute atomic E-state index is 11.2. The van der Waals surface area contributed by atoms with E-state index in [1.165, 1.54) is 16.7 Å². The van der Waals surface area contributed by atoms with Crippen LogP contribution in [0.5, 0.6) is 5.75 Å². The molecule has 1 aliphatic rings. The molecule has 0 radical (unpaired) electrons. The largest absolute Gasteiger partial charge is 0.496 e. The van der Waals surface area contributed by atoms with Crippen LogP contribution >= 0.6 is 0 Å². The third kappa shape index (κ3) is 4.25. The van der Waals surface area contributed by atoms with Crippen LogP contribution in [0.25, 0.3) is 0 Å². The summed E-state index contributed by atoms with van der Waals surface area (Å²) in [6.07, 6.45) is 1.75. The van der Waals surface area contributed by atoms with E-state index in [9.17, 15) is 9.90 Å². The highest BCUT2D eigenvalue weighted by molar-refractivity contribution is 5.70. The molecular formula is C19H29NO3. The summed E-state index contributed by atoms with van der Waals surface area (Å²) >= 11 is 0. The number of aryl methyl sites for hydroxylation is 1. The molecule has 0 saturated carbocycles. The zero-order chi connectivity index (χ0) is 17.2. The molecule has 0 amide bonds. The van der Waals surface area contributed by atoms with Crippen molar-refractivity contribution in [1.82, 2.24) is 4.90 Å². The number of carboxylic acids is 1. The van der Waals surface area contributed by atoms with Crippen molar-refractivity contribution in [2.45, 2.75) is 52.5 Å². The standard InChI is InChI=1S/C19H29NO3/c1-13-9-17(23-5)16(19(2,3)4)10-15(13)12-20-8-6-7-14(11-20)18(21)22/h9-10,14H,6-8,11-12H2,1-5H3,(H,21,22). The quantitative estimate of drug-likeness (QED) is 0.921. The van der Waals surface area contributed by atoms with Gasteiger partial charge < -0.3 is 9.84 Å². The number of benzene rings is 1. The van der Waals surface area contributed by atoms with Gasteiger partial charge in [-0.15, -0.1) is 0 Å². The molecular weight excluding hydrogens is 290 g/mol. The van der Waals surface area contributed by atoms with E-state index in [2.05, 4.69) is 44.7 Å². The molecule has 1 saturated heterocycles. The van der Waals surface area contributed by atoms with Crippen LogP contribution in [0.1, 0.15) is 50.3 Å². The van der Waals surface area contributed by atoms with Crippen molar-refractivity contribution in [1.29, 1.82) is 0 Å². The van der Waals surface area contributed by atoms with Crippen molar-refractivity contribution in [2.24, 2.45) is 5.92 Å². The Morgan fingerprint density at radius 1 is 1.39 bits per heavy atom. The number of hydrogen-bond acceptors (Lipinski definition) is 3. The number of methoxy groups -OCH3 is 1. The third-order valence-corrected chi connectivity index (χ3v) is 4.71. The van der Waals surface area contributed by atoms with E-state index in [1.54, 1.807) is 7.11 Å². The highest BCUT2D eigenvalue weighted by atomic mass is 16.5. The van der Waals surface area contributed by atoms with Gasteiger partial charge in [0.1, 0.15) is 5.75 Å². The molecule has 0 aliphatic carbocycles. The lowest BCUT2D eigenvalue weighted by Gasteiger charge is -2.32. The molecule has 1 aliphatic heterocycles. The number of ether oxygens (including phenoxy) is 1. The molecule has 23 heavy (non-hydrogen) atoms. The van der Waals surface area contributed by atoms with E-state index >= 15 is 0 Å². The molecule has 1 atom stereocenters. The number of piperidine rings is 1. The topological polar surface area (TPSA) is 49.8 Å². The van der Waals surface area contributed by atoms with E-state index in [1.807, 2.05) is 0 Å². The second-order valence-electron chi connectivity index (χ2n) is 7.64. The molecule has 0 bridgehead atoms. The Morgan fingerprint density at radius 2 is 2.09 bits per heavy atom. The number of carboxylic acid groups (broad SMARTS) is 1. The summed E-state index contributed by atoms with van der Waals surface area (Å²) in [4.78, 5) is 13.5. The van der Waals surface area contributed by atoms with E-state index in [0.717, 1.165) is 31.7 Å². The molecule has 1 aromatic carbocycles. The second-order valence-corrected chi connectivity index (χ2v) is 7.64. The molecule has 4 heteroatoms. The molecule has 2 rings (SSSR count). The van der Waals surface area contributed by atoms with Crippen LogP contribution in [-0.4, -0.2) is 36.2 Å². The summed E-state index contributed by atoms with van der Waals surface area (Å²) in [7, 11) is 1.71. The highest BCUT2D eigenvalue weighted by Crippen LogP contribution is 2.34. The minimum absolute atomic E-state index is 0.0132. The highest BCUT2D eigenvalue weighted by Gasteiger charge is 2.26. The summed E-state index contributed by atoms with van der Waals surface area (Å²) in [5.74, 6) is 0.0294. The van der Waals surface area contributed by atoms with Gasteiger partial charge in [0.25, 0.3) is 0 Å². The van der Waals surface area contributed by atoms with E-state index < -0.39 is 5.97 Å². The summed E-state index contributed by atoms with van der Waals surface area (Å²) in [5.41, 5.74) is 3.68. The zero-order valence-electron chi connectivity index (χ0n) is 15.0. The van der Waals surface area contributed by atoms with Gasteiger partial charge in [0, 0.05) is 13.1 Å². The fourth-order valence-corrected chi connectivity index (χ4v) is 3.29. The summed E-state index contributed by atoms with van der Waals surface area (Å²) in [6, 6.07) is 4.34. The predicted molar refractivity (Wildman–Crippen MR) is 92.1 cm³/mol. The fourth-order valence-electron chi connectivity index (χ4n) is 3.29. The smallest absolute Gasteiger partial charge is 0.307 e. The number of carbonyl (C=O) groups is 1. The minimum atomic E-state index is -0.670. The zero-order valence-corrected chi connectivity index (χ0v) is 15.0. The van der Waals surface area contributed by atoms with Crippen LogP contribution in [-0.2, 0) is 16.8 Å². The number of aliphatic carboxylic acids is 1. The van der Waals surface area contributed by atoms with Crippen LogP contribution < -0.4 is 4.74 Å². The van der Waals surface area contributed by atoms with Gasteiger partial charge in [-0.3, -0.25) is 9.69 Å². The number of rotatable bonds is 4. The minimum Gasteiger partial charge on any atom is -0.496 e. The molecule has 1 fully saturated rings.